The van der Waals surface area contributed by atoms with E-state index in [1.54, 1.807) is 24.3 Å². The first-order valence-electron chi connectivity index (χ1n) is 6.89. The van der Waals surface area contributed by atoms with Crippen LogP contribution in [0.25, 0.3) is 0 Å². The number of anilines is 1. The molecule has 1 N–H and O–H groups in total. The van der Waals surface area contributed by atoms with Gasteiger partial charge in [0.1, 0.15) is 22.9 Å². The van der Waals surface area contributed by atoms with Gasteiger partial charge in [-0.2, -0.15) is 0 Å². The van der Waals surface area contributed by atoms with Crippen molar-refractivity contribution >= 4 is 32.8 Å². The monoisotopic (exact) mass is 370 g/mol. The minimum atomic E-state index is -3.71. The number of rotatable bonds is 7. The number of halogens is 1. The molecular weight excluding hydrogens is 356 g/mol. The van der Waals surface area contributed by atoms with Gasteiger partial charge in [0, 0.05) is 17.8 Å². The highest BCUT2D eigenvalue weighted by atomic mass is 35.5. The lowest BCUT2D eigenvalue weighted by molar-refractivity contribution is -0.386. The summed E-state index contributed by atoms with van der Waals surface area (Å²) in [6.07, 6.45) is 0.932. The topological polar surface area (TPSA) is 98.5 Å². The van der Waals surface area contributed by atoms with Gasteiger partial charge < -0.3 is 10.1 Å². The van der Waals surface area contributed by atoms with Crippen LogP contribution in [0.2, 0.25) is 5.02 Å². The Kier molecular flexibility index (Phi) is 5.63. The van der Waals surface area contributed by atoms with Crippen molar-refractivity contribution in [3.63, 3.8) is 0 Å². The normalized spacial score (nSPS) is 11.1. The molecule has 0 radical (unpaired) electrons. The van der Waals surface area contributed by atoms with Crippen molar-refractivity contribution in [2.45, 2.75) is 4.90 Å². The van der Waals surface area contributed by atoms with Crippen LogP contribution in [-0.4, -0.2) is 32.7 Å². The molecule has 0 spiro atoms. The van der Waals surface area contributed by atoms with Crippen molar-refractivity contribution in [2.24, 2.45) is 0 Å². The predicted molar refractivity (Wildman–Crippen MR) is 91.6 cm³/mol. The number of hydrogen-bond acceptors (Lipinski definition) is 6. The average Bonchev–Trinajstić information content (AvgIpc) is 2.50. The van der Waals surface area contributed by atoms with E-state index >= 15 is 0 Å². The van der Waals surface area contributed by atoms with E-state index in [4.69, 9.17) is 16.3 Å². The van der Waals surface area contributed by atoms with Gasteiger partial charge in [0.25, 0.3) is 0 Å². The van der Waals surface area contributed by atoms with Crippen LogP contribution in [0.3, 0.4) is 0 Å². The summed E-state index contributed by atoms with van der Waals surface area (Å²) in [6, 6.07) is 10.9. The maximum Gasteiger partial charge on any atom is 0.310 e. The second kappa shape index (κ2) is 7.50. The third-order valence-corrected chi connectivity index (χ3v) is 4.43. The quantitative estimate of drug-likeness (QED) is 0.456. The molecule has 7 nitrogen and oxygen atoms in total. The standard InChI is InChI=1S/C15H15ClN2O5S/c1-24(21,22)14-7-3-6-13(15(14)18(19)20)17-8-9-23-12-5-2-4-11(16)10-12/h2-7,10,17H,8-9H2,1H3. The van der Waals surface area contributed by atoms with Crippen molar-refractivity contribution < 1.29 is 18.1 Å². The zero-order valence-corrected chi connectivity index (χ0v) is 14.3. The lowest BCUT2D eigenvalue weighted by atomic mass is 10.2. The summed E-state index contributed by atoms with van der Waals surface area (Å²) in [7, 11) is -3.71. The van der Waals surface area contributed by atoms with E-state index in [2.05, 4.69) is 5.32 Å². The summed E-state index contributed by atoms with van der Waals surface area (Å²) < 4.78 is 28.8. The Morgan fingerprint density at radius 3 is 2.58 bits per heavy atom. The lowest BCUT2D eigenvalue weighted by Gasteiger charge is -2.10. The van der Waals surface area contributed by atoms with E-state index in [0.717, 1.165) is 6.26 Å². The molecule has 0 aliphatic carbocycles. The minimum Gasteiger partial charge on any atom is -0.492 e. The van der Waals surface area contributed by atoms with Gasteiger partial charge in [-0.3, -0.25) is 10.1 Å². The molecule has 0 bridgehead atoms. The molecule has 24 heavy (non-hydrogen) atoms. The van der Waals surface area contributed by atoms with E-state index in [-0.39, 0.29) is 23.7 Å². The Bertz CT molecular complexity index is 855. The zero-order chi connectivity index (χ0) is 17.7. The van der Waals surface area contributed by atoms with Crippen LogP contribution < -0.4 is 10.1 Å². The van der Waals surface area contributed by atoms with Gasteiger partial charge in [-0.1, -0.05) is 23.7 Å². The van der Waals surface area contributed by atoms with E-state index in [0.29, 0.717) is 10.8 Å². The van der Waals surface area contributed by atoms with Crippen LogP contribution in [0, 0.1) is 10.1 Å². The summed E-state index contributed by atoms with van der Waals surface area (Å²) in [5.74, 6) is 0.573. The fourth-order valence-corrected chi connectivity index (χ4v) is 3.11. The Labute approximate surface area is 144 Å². The molecule has 128 valence electrons. The first-order chi connectivity index (χ1) is 11.3. The smallest absolute Gasteiger partial charge is 0.310 e. The lowest BCUT2D eigenvalue weighted by Crippen LogP contribution is -2.13. The molecule has 0 atom stereocenters. The Morgan fingerprint density at radius 2 is 1.96 bits per heavy atom. The summed E-state index contributed by atoms with van der Waals surface area (Å²) >= 11 is 5.84. The number of benzene rings is 2. The average molecular weight is 371 g/mol. The molecule has 2 aromatic carbocycles. The molecule has 9 heteroatoms. The molecule has 0 aromatic heterocycles. The summed E-state index contributed by atoms with van der Waals surface area (Å²) in [5.41, 5.74) is -0.347. The minimum absolute atomic E-state index is 0.123. The van der Waals surface area contributed by atoms with Crippen LogP contribution in [0.5, 0.6) is 5.75 Å². The van der Waals surface area contributed by atoms with E-state index in [1.165, 1.54) is 18.2 Å². The van der Waals surface area contributed by atoms with Gasteiger partial charge in [-0.25, -0.2) is 8.42 Å². The fraction of sp³-hybridized carbons (Fsp3) is 0.200. The highest BCUT2D eigenvalue weighted by Gasteiger charge is 2.25. The van der Waals surface area contributed by atoms with Crippen LogP contribution >= 0.6 is 11.6 Å². The fourth-order valence-electron chi connectivity index (χ4n) is 2.06. The van der Waals surface area contributed by atoms with Crippen molar-refractivity contribution in [2.75, 3.05) is 24.7 Å². The Morgan fingerprint density at radius 1 is 1.25 bits per heavy atom. The molecule has 0 amide bonds. The second-order valence-electron chi connectivity index (χ2n) is 4.91. The SMILES string of the molecule is CS(=O)(=O)c1cccc(NCCOc2cccc(Cl)c2)c1[N+](=O)[O-]. The van der Waals surface area contributed by atoms with Crippen LogP contribution in [0.4, 0.5) is 11.4 Å². The Balaban J connectivity index is 2.09. The van der Waals surface area contributed by atoms with Gasteiger partial charge >= 0.3 is 5.69 Å². The number of hydrogen-bond donors (Lipinski definition) is 1. The zero-order valence-electron chi connectivity index (χ0n) is 12.7. The van der Waals surface area contributed by atoms with Crippen molar-refractivity contribution in [3.05, 3.63) is 57.6 Å². The largest absolute Gasteiger partial charge is 0.492 e. The van der Waals surface area contributed by atoms with Crippen LogP contribution in [-0.2, 0) is 9.84 Å². The molecule has 0 unspecified atom stereocenters. The maximum atomic E-state index is 11.7. The number of sulfone groups is 1. The van der Waals surface area contributed by atoms with Crippen molar-refractivity contribution in [1.82, 2.24) is 0 Å². The van der Waals surface area contributed by atoms with Crippen LogP contribution in [0.1, 0.15) is 0 Å². The predicted octanol–water partition coefficient (Wildman–Crippen LogP) is 3.14. The molecule has 0 saturated heterocycles. The first kappa shape index (κ1) is 18.0. The number of nitro groups is 1. The molecular formula is C15H15ClN2O5S. The van der Waals surface area contributed by atoms with Crippen molar-refractivity contribution in [1.29, 1.82) is 0 Å². The molecule has 0 aliphatic heterocycles. The van der Waals surface area contributed by atoms with Gasteiger partial charge in [-0.05, 0) is 30.3 Å². The third kappa shape index (κ3) is 4.59. The summed E-state index contributed by atoms with van der Waals surface area (Å²) in [4.78, 5) is 10.2. The molecule has 0 fully saturated rings. The number of nitrogens with zero attached hydrogens (tertiary/aromatic N) is 1. The van der Waals surface area contributed by atoms with Gasteiger partial charge in [0.2, 0.25) is 0 Å². The van der Waals surface area contributed by atoms with E-state index in [9.17, 15) is 18.5 Å². The number of ether oxygens (including phenoxy) is 1. The highest BCUT2D eigenvalue weighted by Crippen LogP contribution is 2.31. The summed E-state index contributed by atoms with van der Waals surface area (Å²) in [6.45, 7) is 0.473. The van der Waals surface area contributed by atoms with Crippen molar-refractivity contribution in [3.8, 4) is 5.75 Å². The van der Waals surface area contributed by atoms with Gasteiger partial charge in [-0.15, -0.1) is 0 Å². The number of nitro benzene ring substituents is 1. The molecule has 0 saturated carbocycles. The molecule has 0 aliphatic rings. The third-order valence-electron chi connectivity index (χ3n) is 3.06. The first-order valence-corrected chi connectivity index (χ1v) is 9.15. The van der Waals surface area contributed by atoms with Crippen LogP contribution in [0.15, 0.2) is 47.4 Å². The van der Waals surface area contributed by atoms with E-state index < -0.39 is 20.4 Å². The summed E-state index contributed by atoms with van der Waals surface area (Å²) in [5, 5.41) is 14.6. The number of para-hydroxylation sites is 1. The molecule has 2 aromatic rings. The second-order valence-corrected chi connectivity index (χ2v) is 7.33. The number of nitrogens with one attached hydrogen (secondary N) is 1. The molecule has 2 rings (SSSR count). The maximum absolute atomic E-state index is 11.7. The van der Waals surface area contributed by atoms with Gasteiger partial charge in [0.15, 0.2) is 9.84 Å². The highest BCUT2D eigenvalue weighted by molar-refractivity contribution is 7.90. The van der Waals surface area contributed by atoms with E-state index in [1.807, 2.05) is 0 Å². The molecule has 0 heterocycles. The Hall–Kier alpha value is -2.32. The van der Waals surface area contributed by atoms with Gasteiger partial charge in [0.05, 0.1) is 4.92 Å².